The number of carbonyl (C=O) groups is 1. The smallest absolute Gasteiger partial charge is 0.345 e. The maximum Gasteiger partial charge on any atom is 0.345 e. The van der Waals surface area contributed by atoms with E-state index in [1.165, 1.54) is 24.1 Å². The highest BCUT2D eigenvalue weighted by atomic mass is 35.5. The Morgan fingerprint density at radius 2 is 2.25 bits per heavy atom. The van der Waals surface area contributed by atoms with Crippen LogP contribution in [-0.2, 0) is 0 Å². The standard InChI is InChI=1S/C10H9ClFN3O/c1-15-8(9(13)14-10(15)16)5-3-2-4-6(11)7(5)12/h2-4,8H,1H3,(H2,13,14,16). The molecule has 0 bridgehead atoms. The summed E-state index contributed by atoms with van der Waals surface area (Å²) >= 11 is 5.66. The van der Waals surface area contributed by atoms with E-state index in [1.54, 1.807) is 6.07 Å². The second-order valence-corrected chi connectivity index (χ2v) is 3.88. The molecule has 1 aromatic rings. The van der Waals surface area contributed by atoms with Gasteiger partial charge in [0.1, 0.15) is 17.7 Å². The zero-order valence-corrected chi connectivity index (χ0v) is 9.20. The highest BCUT2D eigenvalue weighted by Crippen LogP contribution is 2.30. The molecule has 0 fully saturated rings. The normalized spacial score (nSPS) is 20.2. The SMILES string of the molecule is CN1C(=O)N=C(N)C1c1cccc(Cl)c1F. The van der Waals surface area contributed by atoms with Crippen LogP contribution in [0.15, 0.2) is 23.2 Å². The summed E-state index contributed by atoms with van der Waals surface area (Å²) in [5.41, 5.74) is 5.84. The molecule has 1 heterocycles. The topological polar surface area (TPSA) is 58.7 Å². The fourth-order valence-corrected chi connectivity index (χ4v) is 1.84. The summed E-state index contributed by atoms with van der Waals surface area (Å²) in [5.74, 6) is -0.498. The number of nitrogens with two attached hydrogens (primary N) is 1. The Kier molecular flexibility index (Phi) is 2.55. The summed E-state index contributed by atoms with van der Waals surface area (Å²) < 4.78 is 13.7. The van der Waals surface area contributed by atoms with Crippen LogP contribution in [0.4, 0.5) is 9.18 Å². The van der Waals surface area contributed by atoms with Crippen molar-refractivity contribution in [1.29, 1.82) is 0 Å². The number of nitrogens with zero attached hydrogens (tertiary/aromatic N) is 2. The summed E-state index contributed by atoms with van der Waals surface area (Å²) in [6, 6.07) is 3.41. The van der Waals surface area contributed by atoms with Gasteiger partial charge < -0.3 is 10.6 Å². The molecule has 6 heteroatoms. The number of rotatable bonds is 1. The van der Waals surface area contributed by atoms with Crippen molar-refractivity contribution in [3.63, 3.8) is 0 Å². The minimum Gasteiger partial charge on any atom is -0.385 e. The molecule has 4 nitrogen and oxygen atoms in total. The van der Waals surface area contributed by atoms with Gasteiger partial charge in [0.05, 0.1) is 5.02 Å². The number of urea groups is 1. The van der Waals surface area contributed by atoms with Gasteiger partial charge in [-0.1, -0.05) is 23.7 Å². The Hall–Kier alpha value is -1.62. The number of benzene rings is 1. The first-order valence-electron chi connectivity index (χ1n) is 4.57. The molecular weight excluding hydrogens is 233 g/mol. The summed E-state index contributed by atoms with van der Waals surface area (Å²) in [5, 5.41) is -0.00181. The summed E-state index contributed by atoms with van der Waals surface area (Å²) in [6.07, 6.45) is 0. The van der Waals surface area contributed by atoms with Gasteiger partial charge in [-0.3, -0.25) is 0 Å². The number of hydrogen-bond acceptors (Lipinski definition) is 2. The fourth-order valence-electron chi connectivity index (χ4n) is 1.66. The second kappa shape index (κ2) is 3.75. The van der Waals surface area contributed by atoms with Crippen molar-refractivity contribution in [1.82, 2.24) is 4.90 Å². The lowest BCUT2D eigenvalue weighted by Crippen LogP contribution is -2.30. The fraction of sp³-hybridized carbons (Fsp3) is 0.200. The van der Waals surface area contributed by atoms with Crippen molar-refractivity contribution >= 4 is 23.5 Å². The first-order valence-corrected chi connectivity index (χ1v) is 4.95. The Balaban J connectivity index is 2.50. The Labute approximate surface area is 96.5 Å². The third-order valence-electron chi connectivity index (χ3n) is 2.47. The average Bonchev–Trinajstić information content (AvgIpc) is 2.47. The van der Waals surface area contributed by atoms with Crippen molar-refractivity contribution < 1.29 is 9.18 Å². The van der Waals surface area contributed by atoms with Gasteiger partial charge in [-0.2, -0.15) is 4.99 Å². The van der Waals surface area contributed by atoms with E-state index in [0.29, 0.717) is 0 Å². The van der Waals surface area contributed by atoms with E-state index in [0.717, 1.165) is 0 Å². The molecule has 0 aromatic heterocycles. The number of likely N-dealkylation sites (N-methyl/N-ethyl adjacent to an activating group) is 1. The lowest BCUT2D eigenvalue weighted by Gasteiger charge is -2.20. The van der Waals surface area contributed by atoms with E-state index in [2.05, 4.69) is 4.99 Å². The van der Waals surface area contributed by atoms with Crippen LogP contribution in [0.5, 0.6) is 0 Å². The predicted octanol–water partition coefficient (Wildman–Crippen LogP) is 1.94. The van der Waals surface area contributed by atoms with Crippen LogP contribution in [0.25, 0.3) is 0 Å². The van der Waals surface area contributed by atoms with Crippen molar-refractivity contribution in [2.45, 2.75) is 6.04 Å². The highest BCUT2D eigenvalue weighted by molar-refractivity contribution is 6.30. The number of carbonyl (C=O) groups excluding carboxylic acids is 1. The molecule has 0 spiro atoms. The van der Waals surface area contributed by atoms with Gasteiger partial charge in [0.2, 0.25) is 0 Å². The molecule has 1 aromatic carbocycles. The van der Waals surface area contributed by atoms with Gasteiger partial charge in [-0.15, -0.1) is 0 Å². The van der Waals surface area contributed by atoms with Gasteiger partial charge in [0.15, 0.2) is 0 Å². The van der Waals surface area contributed by atoms with Crippen LogP contribution in [-0.4, -0.2) is 23.8 Å². The predicted molar refractivity (Wildman–Crippen MR) is 58.9 cm³/mol. The lowest BCUT2D eigenvalue weighted by atomic mass is 10.1. The molecule has 2 rings (SSSR count). The molecule has 1 atom stereocenters. The van der Waals surface area contributed by atoms with Gasteiger partial charge in [0, 0.05) is 12.6 Å². The second-order valence-electron chi connectivity index (χ2n) is 3.48. The highest BCUT2D eigenvalue weighted by Gasteiger charge is 2.33. The first kappa shape index (κ1) is 10.9. The third kappa shape index (κ3) is 1.53. The number of amides is 2. The Morgan fingerprint density at radius 1 is 1.56 bits per heavy atom. The Morgan fingerprint density at radius 3 is 2.81 bits per heavy atom. The van der Waals surface area contributed by atoms with Crippen molar-refractivity contribution in [2.24, 2.45) is 10.7 Å². The van der Waals surface area contributed by atoms with Gasteiger partial charge in [0.25, 0.3) is 0 Å². The van der Waals surface area contributed by atoms with Crippen molar-refractivity contribution in [3.8, 4) is 0 Å². The van der Waals surface area contributed by atoms with E-state index in [4.69, 9.17) is 17.3 Å². The van der Waals surface area contributed by atoms with Gasteiger partial charge >= 0.3 is 6.03 Å². The van der Waals surface area contributed by atoms with E-state index in [1.807, 2.05) is 0 Å². The van der Waals surface area contributed by atoms with Crippen LogP contribution in [0.3, 0.4) is 0 Å². The summed E-state index contributed by atoms with van der Waals surface area (Å²) in [6.45, 7) is 0. The molecule has 16 heavy (non-hydrogen) atoms. The number of aliphatic imine (C=N–C) groups is 1. The maximum absolute atomic E-state index is 13.7. The van der Waals surface area contributed by atoms with Gasteiger partial charge in [-0.05, 0) is 6.07 Å². The minimum atomic E-state index is -0.675. The first-order chi connectivity index (χ1) is 7.52. The van der Waals surface area contributed by atoms with E-state index in [9.17, 15) is 9.18 Å². The van der Waals surface area contributed by atoms with E-state index in [-0.39, 0.29) is 16.4 Å². The molecule has 0 saturated carbocycles. The lowest BCUT2D eigenvalue weighted by molar-refractivity contribution is 0.218. The van der Waals surface area contributed by atoms with Crippen LogP contribution >= 0.6 is 11.6 Å². The van der Waals surface area contributed by atoms with E-state index >= 15 is 0 Å². The molecular formula is C10H9ClFN3O. The maximum atomic E-state index is 13.7. The van der Waals surface area contributed by atoms with Crippen LogP contribution in [0.2, 0.25) is 5.02 Å². The molecule has 2 amide bonds. The molecule has 84 valence electrons. The molecule has 2 N–H and O–H groups in total. The van der Waals surface area contributed by atoms with Crippen LogP contribution in [0.1, 0.15) is 11.6 Å². The van der Waals surface area contributed by atoms with E-state index < -0.39 is 17.9 Å². The summed E-state index contributed by atoms with van der Waals surface area (Å²) in [4.78, 5) is 16.1. The zero-order valence-electron chi connectivity index (χ0n) is 8.45. The quantitative estimate of drug-likeness (QED) is 0.817. The van der Waals surface area contributed by atoms with Crippen molar-refractivity contribution in [2.75, 3.05) is 7.05 Å². The monoisotopic (exact) mass is 241 g/mol. The van der Waals surface area contributed by atoms with Crippen LogP contribution < -0.4 is 5.73 Å². The molecule has 1 aliphatic heterocycles. The van der Waals surface area contributed by atoms with Crippen molar-refractivity contribution in [3.05, 3.63) is 34.6 Å². The number of halogens is 2. The largest absolute Gasteiger partial charge is 0.385 e. The third-order valence-corrected chi connectivity index (χ3v) is 2.76. The Bertz CT molecular complexity index is 489. The molecule has 0 aliphatic carbocycles. The average molecular weight is 242 g/mol. The number of hydrogen-bond donors (Lipinski definition) is 1. The summed E-state index contributed by atoms with van der Waals surface area (Å²) in [7, 11) is 1.51. The number of amidine groups is 1. The molecule has 1 unspecified atom stereocenters. The minimum absolute atomic E-state index is 0.00181. The molecule has 0 radical (unpaired) electrons. The van der Waals surface area contributed by atoms with Gasteiger partial charge in [-0.25, -0.2) is 9.18 Å². The zero-order chi connectivity index (χ0) is 11.9. The molecule has 1 aliphatic rings. The van der Waals surface area contributed by atoms with Crippen LogP contribution in [0, 0.1) is 5.82 Å². The molecule has 0 saturated heterocycles.